The van der Waals surface area contributed by atoms with Crippen LogP contribution in [0.2, 0.25) is 0 Å². The standard InChI is InChI=1S/C25H32N4O3/c30-23(26-19-25(13-5-2-6-14-25)29-15-17-32-18-16-29)20-9-11-22(12-10-20)28-24(31)27-21-7-3-1-4-8-21/h1,3-4,7-12H,2,5-6,13-19H2,(H,26,30)(H2,27,28,31). The van der Waals surface area contributed by atoms with Crippen molar-refractivity contribution in [2.24, 2.45) is 0 Å². The summed E-state index contributed by atoms with van der Waals surface area (Å²) < 4.78 is 5.54. The molecule has 3 N–H and O–H groups in total. The third-order valence-corrected chi connectivity index (χ3v) is 6.48. The lowest BCUT2D eigenvalue weighted by molar-refractivity contribution is -0.0361. The van der Waals surface area contributed by atoms with Gasteiger partial charge in [0.15, 0.2) is 0 Å². The fourth-order valence-corrected chi connectivity index (χ4v) is 4.72. The molecule has 1 saturated carbocycles. The van der Waals surface area contributed by atoms with Gasteiger partial charge in [0.2, 0.25) is 0 Å². The van der Waals surface area contributed by atoms with Crippen LogP contribution in [0.3, 0.4) is 0 Å². The number of nitrogens with zero attached hydrogens (tertiary/aromatic N) is 1. The van der Waals surface area contributed by atoms with Crippen LogP contribution in [0, 0.1) is 0 Å². The zero-order valence-corrected chi connectivity index (χ0v) is 18.4. The highest BCUT2D eigenvalue weighted by molar-refractivity contribution is 6.00. The average molecular weight is 437 g/mol. The molecule has 2 fully saturated rings. The molecule has 1 saturated heterocycles. The highest BCUT2D eigenvalue weighted by Gasteiger charge is 2.38. The van der Waals surface area contributed by atoms with Gasteiger partial charge in [-0.15, -0.1) is 0 Å². The summed E-state index contributed by atoms with van der Waals surface area (Å²) in [6, 6.07) is 15.9. The number of urea groups is 1. The Balaban J connectivity index is 1.32. The van der Waals surface area contributed by atoms with Crippen molar-refractivity contribution >= 4 is 23.3 Å². The molecule has 0 atom stereocenters. The highest BCUT2D eigenvalue weighted by atomic mass is 16.5. The van der Waals surface area contributed by atoms with E-state index in [1.807, 2.05) is 30.3 Å². The lowest BCUT2D eigenvalue weighted by Crippen LogP contribution is -2.59. The summed E-state index contributed by atoms with van der Waals surface area (Å²) in [5.41, 5.74) is 1.98. The highest BCUT2D eigenvalue weighted by Crippen LogP contribution is 2.34. The van der Waals surface area contributed by atoms with E-state index in [0.29, 0.717) is 17.8 Å². The number of morpholine rings is 1. The molecule has 2 aromatic rings. The first kappa shape index (κ1) is 22.3. The third kappa shape index (κ3) is 5.66. The minimum absolute atomic E-state index is 0.0364. The van der Waals surface area contributed by atoms with Crippen molar-refractivity contribution in [2.45, 2.75) is 37.6 Å². The third-order valence-electron chi connectivity index (χ3n) is 6.48. The average Bonchev–Trinajstić information content (AvgIpc) is 2.85. The first-order valence-corrected chi connectivity index (χ1v) is 11.5. The maximum atomic E-state index is 12.8. The molecule has 1 aliphatic carbocycles. The summed E-state index contributed by atoms with van der Waals surface area (Å²) in [6.07, 6.45) is 5.92. The second-order valence-corrected chi connectivity index (χ2v) is 8.59. The largest absolute Gasteiger partial charge is 0.379 e. The molecule has 1 heterocycles. The molecule has 0 bridgehead atoms. The van der Waals surface area contributed by atoms with E-state index in [1.54, 1.807) is 24.3 Å². The van der Waals surface area contributed by atoms with Crippen molar-refractivity contribution in [2.75, 3.05) is 43.5 Å². The molecule has 4 rings (SSSR count). The van der Waals surface area contributed by atoms with Crippen LogP contribution in [0.15, 0.2) is 54.6 Å². The van der Waals surface area contributed by atoms with Crippen LogP contribution in [0.4, 0.5) is 16.2 Å². The van der Waals surface area contributed by atoms with Crippen molar-refractivity contribution in [3.8, 4) is 0 Å². The summed E-state index contributed by atoms with van der Waals surface area (Å²) in [7, 11) is 0. The van der Waals surface area contributed by atoms with Gasteiger partial charge in [0.1, 0.15) is 0 Å². The smallest absolute Gasteiger partial charge is 0.323 e. The molecule has 32 heavy (non-hydrogen) atoms. The zero-order chi connectivity index (χ0) is 22.2. The molecule has 0 aromatic heterocycles. The second-order valence-electron chi connectivity index (χ2n) is 8.59. The van der Waals surface area contributed by atoms with Crippen LogP contribution >= 0.6 is 0 Å². The Morgan fingerprint density at radius 3 is 2.12 bits per heavy atom. The van der Waals surface area contributed by atoms with E-state index >= 15 is 0 Å². The zero-order valence-electron chi connectivity index (χ0n) is 18.4. The van der Waals surface area contributed by atoms with Gasteiger partial charge < -0.3 is 20.7 Å². The Bertz CT molecular complexity index is 889. The number of carbonyl (C=O) groups excluding carboxylic acids is 2. The number of nitrogens with one attached hydrogen (secondary N) is 3. The summed E-state index contributed by atoms with van der Waals surface area (Å²) in [4.78, 5) is 27.5. The number of amides is 3. The SMILES string of the molecule is O=C(Nc1ccccc1)Nc1ccc(C(=O)NCC2(N3CCOCC3)CCCCC2)cc1. The molecule has 7 nitrogen and oxygen atoms in total. The van der Waals surface area contributed by atoms with Crippen molar-refractivity contribution in [3.63, 3.8) is 0 Å². The molecule has 170 valence electrons. The minimum atomic E-state index is -0.321. The van der Waals surface area contributed by atoms with E-state index in [2.05, 4.69) is 20.9 Å². The molecule has 2 aliphatic rings. The lowest BCUT2D eigenvalue weighted by Gasteiger charge is -2.48. The molecular weight excluding hydrogens is 404 g/mol. The van der Waals surface area contributed by atoms with Crippen molar-refractivity contribution in [1.29, 1.82) is 0 Å². The van der Waals surface area contributed by atoms with Gasteiger partial charge in [0.25, 0.3) is 5.91 Å². The summed E-state index contributed by atoms with van der Waals surface area (Å²) >= 11 is 0. The van der Waals surface area contributed by atoms with Crippen LogP contribution < -0.4 is 16.0 Å². The number of anilines is 2. The first-order valence-electron chi connectivity index (χ1n) is 11.5. The van der Waals surface area contributed by atoms with Gasteiger partial charge in [0.05, 0.1) is 13.2 Å². The number of para-hydroxylation sites is 1. The van der Waals surface area contributed by atoms with E-state index in [1.165, 1.54) is 19.3 Å². The predicted octanol–water partition coefficient (Wildman–Crippen LogP) is 4.10. The van der Waals surface area contributed by atoms with Crippen molar-refractivity contribution in [1.82, 2.24) is 10.2 Å². The van der Waals surface area contributed by atoms with Gasteiger partial charge >= 0.3 is 6.03 Å². The molecule has 1 aliphatic heterocycles. The summed E-state index contributed by atoms with van der Waals surface area (Å²) in [6.45, 7) is 4.05. The number of ether oxygens (including phenoxy) is 1. The second kappa shape index (κ2) is 10.6. The van der Waals surface area contributed by atoms with E-state index in [9.17, 15) is 9.59 Å². The maximum Gasteiger partial charge on any atom is 0.323 e. The van der Waals surface area contributed by atoms with E-state index in [-0.39, 0.29) is 17.5 Å². The first-order chi connectivity index (χ1) is 15.6. The van der Waals surface area contributed by atoms with Crippen LogP contribution in [-0.2, 0) is 4.74 Å². The molecule has 2 aromatic carbocycles. The van der Waals surface area contributed by atoms with Gasteiger partial charge in [-0.3, -0.25) is 9.69 Å². The van der Waals surface area contributed by atoms with Gasteiger partial charge in [0, 0.05) is 42.1 Å². The van der Waals surface area contributed by atoms with Crippen LogP contribution in [-0.4, -0.2) is 55.2 Å². The van der Waals surface area contributed by atoms with Crippen LogP contribution in [0.5, 0.6) is 0 Å². The Morgan fingerprint density at radius 1 is 0.844 bits per heavy atom. The van der Waals surface area contributed by atoms with E-state index in [4.69, 9.17) is 4.74 Å². The number of rotatable bonds is 6. The van der Waals surface area contributed by atoms with Crippen molar-refractivity contribution < 1.29 is 14.3 Å². The molecule has 3 amide bonds. The normalized spacial score (nSPS) is 18.5. The van der Waals surface area contributed by atoms with Crippen LogP contribution in [0.25, 0.3) is 0 Å². The Hall–Kier alpha value is -2.90. The number of hydrogen-bond acceptors (Lipinski definition) is 4. The molecule has 0 unspecified atom stereocenters. The molecule has 0 spiro atoms. The Kier molecular flexibility index (Phi) is 7.39. The lowest BCUT2D eigenvalue weighted by atomic mass is 9.79. The summed E-state index contributed by atoms with van der Waals surface area (Å²) in [5, 5.41) is 8.74. The van der Waals surface area contributed by atoms with E-state index in [0.717, 1.165) is 44.8 Å². The van der Waals surface area contributed by atoms with E-state index < -0.39 is 0 Å². The number of benzene rings is 2. The van der Waals surface area contributed by atoms with Gasteiger partial charge in [-0.05, 0) is 49.2 Å². The van der Waals surface area contributed by atoms with Gasteiger partial charge in [-0.1, -0.05) is 37.5 Å². The van der Waals surface area contributed by atoms with Crippen LogP contribution in [0.1, 0.15) is 42.5 Å². The fraction of sp³-hybridized carbons (Fsp3) is 0.440. The van der Waals surface area contributed by atoms with Gasteiger partial charge in [-0.25, -0.2) is 4.79 Å². The monoisotopic (exact) mass is 436 g/mol. The fourth-order valence-electron chi connectivity index (χ4n) is 4.72. The topological polar surface area (TPSA) is 82.7 Å². The maximum absolute atomic E-state index is 12.8. The Morgan fingerprint density at radius 2 is 1.47 bits per heavy atom. The predicted molar refractivity (Wildman–Crippen MR) is 126 cm³/mol. The quantitative estimate of drug-likeness (QED) is 0.637. The number of carbonyl (C=O) groups is 2. The molecular formula is C25H32N4O3. The Labute approximate surface area is 189 Å². The molecule has 0 radical (unpaired) electrons. The van der Waals surface area contributed by atoms with Gasteiger partial charge in [-0.2, -0.15) is 0 Å². The summed E-state index contributed by atoms with van der Waals surface area (Å²) in [5.74, 6) is -0.0801. The minimum Gasteiger partial charge on any atom is -0.379 e. The number of hydrogen-bond donors (Lipinski definition) is 3. The molecule has 7 heteroatoms. The van der Waals surface area contributed by atoms with Crippen molar-refractivity contribution in [3.05, 3.63) is 60.2 Å².